The van der Waals surface area contributed by atoms with E-state index < -0.39 is 6.04 Å². The molecule has 1 aromatic carbocycles. The first kappa shape index (κ1) is 14.8. The number of rotatable bonds is 7. The van der Waals surface area contributed by atoms with Gasteiger partial charge in [-0.15, -0.1) is 0 Å². The smallest absolute Gasteiger partial charge is 0.328 e. The van der Waals surface area contributed by atoms with E-state index in [2.05, 4.69) is 5.32 Å². The fraction of sp³-hybridized carbons (Fsp3) is 0.462. The van der Waals surface area contributed by atoms with Crippen molar-refractivity contribution in [3.63, 3.8) is 0 Å². The molecule has 100 valence electrons. The van der Waals surface area contributed by atoms with Crippen LogP contribution in [0.4, 0.5) is 10.1 Å². The third kappa shape index (κ3) is 4.96. The molecule has 1 rings (SSSR count). The molecule has 1 atom stereocenters. The van der Waals surface area contributed by atoms with Gasteiger partial charge in [0.1, 0.15) is 11.9 Å². The Kier molecular flexibility index (Phi) is 6.57. The van der Waals surface area contributed by atoms with Gasteiger partial charge in [0.2, 0.25) is 0 Å². The van der Waals surface area contributed by atoms with Crippen molar-refractivity contribution in [2.24, 2.45) is 0 Å². The van der Waals surface area contributed by atoms with Gasteiger partial charge in [0.15, 0.2) is 0 Å². The van der Waals surface area contributed by atoms with Crippen molar-refractivity contribution in [2.45, 2.75) is 18.9 Å². The van der Waals surface area contributed by atoms with E-state index in [1.54, 1.807) is 23.9 Å². The minimum Gasteiger partial charge on any atom is -0.467 e. The van der Waals surface area contributed by atoms with Gasteiger partial charge in [-0.3, -0.25) is 0 Å². The maximum Gasteiger partial charge on any atom is 0.328 e. The second-order valence-electron chi connectivity index (χ2n) is 3.87. The SMILES string of the molecule is COC(=O)C(CCCSC)Nc1cccc(F)c1. The predicted molar refractivity (Wildman–Crippen MR) is 73.4 cm³/mol. The van der Waals surface area contributed by atoms with Crippen molar-refractivity contribution in [1.82, 2.24) is 0 Å². The molecule has 0 aliphatic heterocycles. The number of hydrogen-bond donors (Lipinski definition) is 1. The molecule has 0 aliphatic carbocycles. The van der Waals surface area contributed by atoms with E-state index in [0.717, 1.165) is 12.2 Å². The molecule has 0 aromatic heterocycles. The summed E-state index contributed by atoms with van der Waals surface area (Å²) in [5, 5.41) is 3.01. The summed E-state index contributed by atoms with van der Waals surface area (Å²) < 4.78 is 17.8. The summed E-state index contributed by atoms with van der Waals surface area (Å²) >= 11 is 1.73. The van der Waals surface area contributed by atoms with Crippen molar-refractivity contribution in [1.29, 1.82) is 0 Å². The van der Waals surface area contributed by atoms with Crippen LogP contribution in [-0.2, 0) is 9.53 Å². The molecule has 0 bridgehead atoms. The van der Waals surface area contributed by atoms with E-state index in [1.165, 1.54) is 19.2 Å². The number of benzene rings is 1. The normalized spacial score (nSPS) is 11.9. The third-order valence-corrected chi connectivity index (χ3v) is 3.19. The molecule has 0 saturated heterocycles. The van der Waals surface area contributed by atoms with Crippen LogP contribution in [0.5, 0.6) is 0 Å². The number of thioether (sulfide) groups is 1. The van der Waals surface area contributed by atoms with Crippen molar-refractivity contribution in [3.8, 4) is 0 Å². The lowest BCUT2D eigenvalue weighted by Gasteiger charge is -2.17. The largest absolute Gasteiger partial charge is 0.467 e. The van der Waals surface area contributed by atoms with Gasteiger partial charge in [0.05, 0.1) is 7.11 Å². The Hall–Kier alpha value is -1.23. The molecule has 5 heteroatoms. The van der Waals surface area contributed by atoms with Crippen LogP contribution in [0.2, 0.25) is 0 Å². The second-order valence-corrected chi connectivity index (χ2v) is 4.85. The lowest BCUT2D eigenvalue weighted by Crippen LogP contribution is -2.30. The predicted octanol–water partition coefficient (Wildman–Crippen LogP) is 2.92. The first-order chi connectivity index (χ1) is 8.67. The summed E-state index contributed by atoms with van der Waals surface area (Å²) in [5.41, 5.74) is 0.592. The molecule has 0 radical (unpaired) electrons. The first-order valence-corrected chi connectivity index (χ1v) is 7.15. The lowest BCUT2D eigenvalue weighted by molar-refractivity contribution is -0.141. The Balaban J connectivity index is 2.62. The van der Waals surface area contributed by atoms with E-state index in [9.17, 15) is 9.18 Å². The minimum atomic E-state index is -0.427. The second kappa shape index (κ2) is 7.97. The van der Waals surface area contributed by atoms with Crippen molar-refractivity contribution in [3.05, 3.63) is 30.1 Å². The maximum atomic E-state index is 13.0. The molecule has 1 unspecified atom stereocenters. The summed E-state index contributed by atoms with van der Waals surface area (Å²) in [7, 11) is 1.36. The van der Waals surface area contributed by atoms with Crippen LogP contribution in [-0.4, -0.2) is 31.1 Å². The van der Waals surface area contributed by atoms with Crippen LogP contribution in [0.25, 0.3) is 0 Å². The highest BCUT2D eigenvalue weighted by Crippen LogP contribution is 2.14. The van der Waals surface area contributed by atoms with Crippen LogP contribution in [0.3, 0.4) is 0 Å². The van der Waals surface area contributed by atoms with E-state index in [4.69, 9.17) is 4.74 Å². The quantitative estimate of drug-likeness (QED) is 0.611. The number of carbonyl (C=O) groups is 1. The van der Waals surface area contributed by atoms with E-state index >= 15 is 0 Å². The number of nitrogens with one attached hydrogen (secondary N) is 1. The molecular formula is C13H18FNO2S. The highest BCUT2D eigenvalue weighted by Gasteiger charge is 2.18. The highest BCUT2D eigenvalue weighted by atomic mass is 32.2. The van der Waals surface area contributed by atoms with E-state index in [-0.39, 0.29) is 11.8 Å². The van der Waals surface area contributed by atoms with Crippen LogP contribution >= 0.6 is 11.8 Å². The number of hydrogen-bond acceptors (Lipinski definition) is 4. The molecule has 1 aromatic rings. The maximum absolute atomic E-state index is 13.0. The monoisotopic (exact) mass is 271 g/mol. The molecule has 0 heterocycles. The zero-order valence-corrected chi connectivity index (χ0v) is 11.4. The van der Waals surface area contributed by atoms with Gasteiger partial charge >= 0.3 is 5.97 Å². The molecule has 1 N–H and O–H groups in total. The van der Waals surface area contributed by atoms with E-state index in [0.29, 0.717) is 12.1 Å². The number of methoxy groups -OCH3 is 1. The van der Waals surface area contributed by atoms with Gasteiger partial charge in [-0.25, -0.2) is 9.18 Å². The molecule has 3 nitrogen and oxygen atoms in total. The molecular weight excluding hydrogens is 253 g/mol. The van der Waals surface area contributed by atoms with Gasteiger partial charge < -0.3 is 10.1 Å². The van der Waals surface area contributed by atoms with Crippen LogP contribution in [0.15, 0.2) is 24.3 Å². The Morgan fingerprint density at radius 2 is 2.33 bits per heavy atom. The van der Waals surface area contributed by atoms with Crippen molar-refractivity contribution >= 4 is 23.4 Å². The van der Waals surface area contributed by atoms with Gasteiger partial charge in [-0.2, -0.15) is 11.8 Å². The van der Waals surface area contributed by atoms with Gasteiger partial charge in [0.25, 0.3) is 0 Å². The molecule has 18 heavy (non-hydrogen) atoms. The summed E-state index contributed by atoms with van der Waals surface area (Å²) in [6, 6.07) is 5.64. The van der Waals surface area contributed by atoms with Gasteiger partial charge in [0, 0.05) is 5.69 Å². The first-order valence-electron chi connectivity index (χ1n) is 5.76. The van der Waals surface area contributed by atoms with Crippen LogP contribution in [0, 0.1) is 5.82 Å². The fourth-order valence-corrected chi connectivity index (χ4v) is 2.06. The zero-order chi connectivity index (χ0) is 13.4. The minimum absolute atomic E-state index is 0.319. The van der Waals surface area contributed by atoms with Gasteiger partial charge in [-0.1, -0.05) is 6.07 Å². The number of esters is 1. The van der Waals surface area contributed by atoms with Gasteiger partial charge in [-0.05, 0) is 43.0 Å². The number of carbonyl (C=O) groups excluding carboxylic acids is 1. The highest BCUT2D eigenvalue weighted by molar-refractivity contribution is 7.98. The Morgan fingerprint density at radius 1 is 1.56 bits per heavy atom. The average Bonchev–Trinajstić information content (AvgIpc) is 2.37. The summed E-state index contributed by atoms with van der Waals surface area (Å²) in [6.07, 6.45) is 3.60. The van der Waals surface area contributed by atoms with Crippen molar-refractivity contribution < 1.29 is 13.9 Å². The topological polar surface area (TPSA) is 38.3 Å². The molecule has 0 aliphatic rings. The lowest BCUT2D eigenvalue weighted by atomic mass is 10.1. The molecule has 0 spiro atoms. The van der Waals surface area contributed by atoms with Crippen LogP contribution < -0.4 is 5.32 Å². The van der Waals surface area contributed by atoms with E-state index in [1.807, 2.05) is 6.26 Å². The number of halogens is 1. The fourth-order valence-electron chi connectivity index (χ4n) is 1.60. The van der Waals surface area contributed by atoms with Crippen LogP contribution in [0.1, 0.15) is 12.8 Å². The Bertz CT molecular complexity index is 387. The summed E-state index contributed by atoms with van der Waals surface area (Å²) in [4.78, 5) is 11.6. The number of ether oxygens (including phenoxy) is 1. The average molecular weight is 271 g/mol. The standard InChI is InChI=1S/C13H18FNO2S/c1-17-13(16)12(7-4-8-18-2)15-11-6-3-5-10(14)9-11/h3,5-6,9,12,15H,4,7-8H2,1-2H3. The van der Waals surface area contributed by atoms with Crippen molar-refractivity contribution in [2.75, 3.05) is 24.4 Å². The molecule has 0 fully saturated rings. The third-order valence-electron chi connectivity index (χ3n) is 2.49. The summed E-state index contributed by atoms with van der Waals surface area (Å²) in [5.74, 6) is 0.339. The Labute approximate surface area is 111 Å². The molecule has 0 saturated carbocycles. The Morgan fingerprint density at radius 3 is 2.94 bits per heavy atom. The zero-order valence-electron chi connectivity index (χ0n) is 10.6. The molecule has 0 amide bonds. The number of anilines is 1. The summed E-state index contributed by atoms with van der Waals surface area (Å²) in [6.45, 7) is 0.